The summed E-state index contributed by atoms with van der Waals surface area (Å²) in [5, 5.41) is 0. The number of methoxy groups -OCH3 is 2. The van der Waals surface area contributed by atoms with E-state index in [2.05, 4.69) is 9.47 Å². The highest BCUT2D eigenvalue weighted by Gasteiger charge is 2.35. The quantitative estimate of drug-likeness (QED) is 0.698. The molecule has 0 saturated carbocycles. The topological polar surface area (TPSA) is 18.5 Å². The minimum Gasteiger partial charge on any atom is -0.497 e. The lowest BCUT2D eigenvalue weighted by molar-refractivity contribution is 0.414. The van der Waals surface area contributed by atoms with Gasteiger partial charge in [0.25, 0.3) is 0 Å². The molecule has 0 heterocycles. The summed E-state index contributed by atoms with van der Waals surface area (Å²) in [5.41, 5.74) is -1.38. The predicted molar refractivity (Wildman–Crippen MR) is 88.1 cm³/mol. The fourth-order valence-corrected chi connectivity index (χ4v) is 2.14. The SMILES string of the molecule is [2H]c1c([2H])c(C(c2c([2H])c([2H])c(OC([2H])([2H])[2H])c([2H])c2[2H])C(Cl)(Cl)Cl)c([2H])c([2H])c1OC([2H])([2H])[2H]. The maximum atomic E-state index is 8.30. The van der Waals surface area contributed by atoms with Crippen LogP contribution in [0.2, 0.25) is 0 Å². The van der Waals surface area contributed by atoms with Crippen molar-refractivity contribution < 1.29 is 28.7 Å². The monoisotopic (exact) mass is 358 g/mol. The maximum Gasteiger partial charge on any atom is 0.201 e. The molecule has 0 radical (unpaired) electrons. The van der Waals surface area contributed by atoms with Crippen LogP contribution in [0.1, 0.15) is 36.2 Å². The lowest BCUT2D eigenvalue weighted by atomic mass is 9.92. The van der Waals surface area contributed by atoms with Gasteiger partial charge >= 0.3 is 0 Å². The van der Waals surface area contributed by atoms with Crippen LogP contribution in [0, 0.1) is 0 Å². The Balaban J connectivity index is 2.96. The van der Waals surface area contributed by atoms with E-state index in [1.54, 1.807) is 0 Å². The van der Waals surface area contributed by atoms with Crippen molar-refractivity contribution in [2.45, 2.75) is 9.71 Å². The van der Waals surface area contributed by atoms with Gasteiger partial charge < -0.3 is 9.47 Å². The first-order valence-corrected chi connectivity index (χ1v) is 6.38. The molecule has 2 nitrogen and oxygen atoms in total. The normalized spacial score (nSPS) is 22.3. The van der Waals surface area contributed by atoms with Crippen LogP contribution in [0.4, 0.5) is 0 Å². The van der Waals surface area contributed by atoms with Gasteiger partial charge in [-0.3, -0.25) is 0 Å². The molecular formula is C16H15Cl3O2. The number of alkyl halides is 3. The van der Waals surface area contributed by atoms with Crippen LogP contribution in [0.15, 0.2) is 48.3 Å². The van der Waals surface area contributed by atoms with Crippen molar-refractivity contribution in [2.75, 3.05) is 14.1 Å². The number of halogens is 3. The Morgan fingerprint density at radius 3 is 1.52 bits per heavy atom. The number of benzene rings is 2. The zero-order valence-corrected chi connectivity index (χ0v) is 12.3. The first kappa shape index (κ1) is 5.84. The molecule has 0 amide bonds. The standard InChI is InChI=1S/C16H15Cl3O2/c1-20-13-7-3-11(4-8-13)15(16(17,18)19)12-5-9-14(21-2)10-6-12/h3-10,15H,1-2H3/i1D3,2D3,3D,4D,5D,6D,7D,8D,9D,10D. The second-order valence-corrected chi connectivity index (χ2v) is 6.03. The molecule has 0 fully saturated rings. The van der Waals surface area contributed by atoms with Gasteiger partial charge in [0.05, 0.1) is 39.2 Å². The lowest BCUT2D eigenvalue weighted by Gasteiger charge is -2.25. The van der Waals surface area contributed by atoms with Crippen molar-refractivity contribution >= 4 is 34.8 Å². The molecule has 0 aliphatic carbocycles. The van der Waals surface area contributed by atoms with Crippen molar-refractivity contribution in [1.82, 2.24) is 0 Å². The summed E-state index contributed by atoms with van der Waals surface area (Å²) in [7, 11) is -6.25. The first-order chi connectivity index (χ1) is 15.6. The average molecular weight is 360 g/mol. The summed E-state index contributed by atoms with van der Waals surface area (Å²) in [6, 6.07) is -7.57. The average Bonchev–Trinajstić information content (AvgIpc) is 2.68. The molecule has 0 aromatic heterocycles. The van der Waals surface area contributed by atoms with Crippen LogP contribution in [0.5, 0.6) is 11.5 Å². The fraction of sp³-hybridized carbons (Fsp3) is 0.250. The third-order valence-corrected chi connectivity index (χ3v) is 3.01. The molecule has 0 spiro atoms. The Morgan fingerprint density at radius 1 is 0.857 bits per heavy atom. The Bertz CT molecular complexity index is 1020. The predicted octanol–water partition coefficient (Wildman–Crippen LogP) is 5.21. The molecule has 0 saturated heterocycles. The van der Waals surface area contributed by atoms with Crippen molar-refractivity contribution in [3.05, 3.63) is 59.5 Å². The van der Waals surface area contributed by atoms with E-state index in [0.717, 1.165) is 0 Å². The number of rotatable bonds is 4. The van der Waals surface area contributed by atoms with Gasteiger partial charge in [-0.2, -0.15) is 0 Å². The van der Waals surface area contributed by atoms with Gasteiger partial charge in [-0.1, -0.05) is 59.0 Å². The Morgan fingerprint density at radius 2 is 1.24 bits per heavy atom. The summed E-state index contributed by atoms with van der Waals surface area (Å²) < 4.78 is 115. The Hall–Kier alpha value is -1.09. The minimum absolute atomic E-state index is 0.691. The summed E-state index contributed by atoms with van der Waals surface area (Å²) >= 11 is 18.2. The van der Waals surface area contributed by atoms with Gasteiger partial charge in [-0.15, -0.1) is 0 Å². The molecule has 2 rings (SSSR count). The van der Waals surface area contributed by atoms with Gasteiger partial charge in [0, 0.05) is 0 Å². The zero-order chi connectivity index (χ0) is 27.4. The first-order valence-electron chi connectivity index (χ1n) is 12.2. The molecular weight excluding hydrogens is 331 g/mol. The summed E-state index contributed by atoms with van der Waals surface area (Å²) in [6.07, 6.45) is 0. The molecule has 112 valence electrons. The van der Waals surface area contributed by atoms with Gasteiger partial charge in [0.15, 0.2) is 0 Å². The van der Waals surface area contributed by atoms with Crippen LogP contribution in [0.25, 0.3) is 0 Å². The number of hydrogen-bond acceptors (Lipinski definition) is 2. The Kier molecular flexibility index (Phi) is 1.89. The van der Waals surface area contributed by atoms with Crippen LogP contribution >= 0.6 is 34.8 Å². The molecule has 2 aromatic rings. The molecule has 2 aromatic carbocycles. The third kappa shape index (κ3) is 3.97. The second-order valence-electron chi connectivity index (χ2n) is 3.66. The van der Waals surface area contributed by atoms with E-state index < -0.39 is 94.8 Å². The molecule has 0 N–H and O–H groups in total. The van der Waals surface area contributed by atoms with E-state index in [1.807, 2.05) is 0 Å². The van der Waals surface area contributed by atoms with Gasteiger partial charge in [-0.05, 0) is 35.3 Å². The number of hydrogen-bond donors (Lipinski definition) is 0. The maximum absolute atomic E-state index is 8.30. The van der Waals surface area contributed by atoms with Crippen LogP contribution in [-0.2, 0) is 0 Å². The molecule has 0 atom stereocenters. The lowest BCUT2D eigenvalue weighted by Crippen LogP contribution is -2.18. The van der Waals surface area contributed by atoms with E-state index in [4.69, 9.17) is 54.0 Å². The van der Waals surface area contributed by atoms with Crippen molar-refractivity contribution in [1.29, 1.82) is 0 Å². The van der Waals surface area contributed by atoms with Gasteiger partial charge in [0.1, 0.15) is 11.5 Å². The molecule has 0 bridgehead atoms. The van der Waals surface area contributed by atoms with Crippen LogP contribution in [0.3, 0.4) is 0 Å². The van der Waals surface area contributed by atoms with E-state index in [-0.39, 0.29) is 0 Å². The molecule has 5 heteroatoms. The molecule has 0 aliphatic heterocycles. The van der Waals surface area contributed by atoms with Crippen molar-refractivity contribution in [3.63, 3.8) is 0 Å². The summed E-state index contributed by atoms with van der Waals surface area (Å²) in [4.78, 5) is 0. The highest BCUT2D eigenvalue weighted by Crippen LogP contribution is 2.46. The van der Waals surface area contributed by atoms with Crippen LogP contribution < -0.4 is 9.47 Å². The fourth-order valence-electron chi connectivity index (χ4n) is 1.48. The highest BCUT2D eigenvalue weighted by molar-refractivity contribution is 6.68. The van der Waals surface area contributed by atoms with E-state index in [1.165, 1.54) is 0 Å². The largest absolute Gasteiger partial charge is 0.497 e. The highest BCUT2D eigenvalue weighted by atomic mass is 35.6. The van der Waals surface area contributed by atoms with E-state index in [0.29, 0.717) is 0 Å². The van der Waals surface area contributed by atoms with Crippen molar-refractivity contribution in [2.24, 2.45) is 0 Å². The van der Waals surface area contributed by atoms with Crippen LogP contribution in [-0.4, -0.2) is 17.9 Å². The smallest absolute Gasteiger partial charge is 0.201 e. The minimum atomic E-state index is -3.12. The zero-order valence-electron chi connectivity index (χ0n) is 24.0. The van der Waals surface area contributed by atoms with E-state index in [9.17, 15) is 0 Å². The summed E-state index contributed by atoms with van der Waals surface area (Å²) in [5.74, 6) is -3.81. The van der Waals surface area contributed by atoms with Gasteiger partial charge in [0.2, 0.25) is 3.79 Å². The Labute approximate surface area is 159 Å². The van der Waals surface area contributed by atoms with Gasteiger partial charge in [-0.25, -0.2) is 0 Å². The number of ether oxygens (including phenoxy) is 2. The third-order valence-electron chi connectivity index (χ3n) is 2.35. The van der Waals surface area contributed by atoms with Crippen molar-refractivity contribution in [3.8, 4) is 11.5 Å². The van der Waals surface area contributed by atoms with E-state index >= 15 is 0 Å². The molecule has 0 unspecified atom stereocenters. The summed E-state index contributed by atoms with van der Waals surface area (Å²) in [6.45, 7) is 0. The molecule has 21 heavy (non-hydrogen) atoms. The second kappa shape index (κ2) is 6.78. The molecule has 0 aliphatic rings.